The molecule has 0 aromatic heterocycles. The number of hydroxylamine groups is 2. The maximum atomic E-state index is 11.5. The van der Waals surface area contributed by atoms with Crippen LogP contribution in [0.4, 0.5) is 0 Å². The van der Waals surface area contributed by atoms with Crippen LogP contribution < -0.4 is 0 Å². The molecule has 0 spiro atoms. The minimum absolute atomic E-state index is 0.113. The van der Waals surface area contributed by atoms with E-state index in [1.807, 2.05) is 27.7 Å². The van der Waals surface area contributed by atoms with E-state index in [4.69, 9.17) is 0 Å². The largest absolute Gasteiger partial charge is 0.784 e. The van der Waals surface area contributed by atoms with Crippen LogP contribution in [0.1, 0.15) is 40.5 Å². The van der Waals surface area contributed by atoms with Crippen molar-refractivity contribution in [3.63, 3.8) is 0 Å². The van der Waals surface area contributed by atoms with E-state index in [9.17, 15) is 5.21 Å². The summed E-state index contributed by atoms with van der Waals surface area (Å²) >= 11 is 2.19. The minimum Gasteiger partial charge on any atom is -0.784 e. The molecule has 68 valence electrons. The van der Waals surface area contributed by atoms with Gasteiger partial charge >= 0.3 is 0 Å². The smallest absolute Gasteiger partial charge is 0.0506 e. The highest BCUT2D eigenvalue weighted by molar-refractivity contribution is 14.1. The SMILES string of the molecule is CC[C@@H](I)N([O-])C(C)(C)CC. The van der Waals surface area contributed by atoms with Gasteiger partial charge in [-0.3, -0.25) is 0 Å². The van der Waals surface area contributed by atoms with Crippen molar-refractivity contribution in [2.24, 2.45) is 0 Å². The standard InChI is InChI=1S/C8H17INO/c1-5-7(9)10(11)8(3,4)6-2/h7H,5-6H2,1-4H3/q-1/t7-/m0/s1. The third-order valence-electron chi connectivity index (χ3n) is 2.05. The van der Waals surface area contributed by atoms with Crippen molar-refractivity contribution in [1.82, 2.24) is 5.06 Å². The predicted octanol–water partition coefficient (Wildman–Crippen LogP) is 3.15. The summed E-state index contributed by atoms with van der Waals surface area (Å²) in [7, 11) is 0. The summed E-state index contributed by atoms with van der Waals surface area (Å²) in [5.41, 5.74) is -0.206. The maximum absolute atomic E-state index is 11.5. The average Bonchev–Trinajstić information content (AvgIpc) is 2.01. The van der Waals surface area contributed by atoms with E-state index >= 15 is 0 Å². The molecule has 0 saturated heterocycles. The zero-order chi connectivity index (χ0) is 9.07. The Morgan fingerprint density at radius 3 is 2.18 bits per heavy atom. The minimum atomic E-state index is -0.206. The second kappa shape index (κ2) is 4.62. The summed E-state index contributed by atoms with van der Waals surface area (Å²) in [6, 6.07) is 0. The number of hydrogen-bond donors (Lipinski definition) is 0. The van der Waals surface area contributed by atoms with Crippen LogP contribution in [0.15, 0.2) is 0 Å². The topological polar surface area (TPSA) is 26.3 Å². The quantitative estimate of drug-likeness (QED) is 0.339. The molecule has 0 radical (unpaired) electrons. The van der Waals surface area contributed by atoms with Crippen molar-refractivity contribution in [2.75, 3.05) is 0 Å². The van der Waals surface area contributed by atoms with Gasteiger partial charge < -0.3 is 10.3 Å². The summed E-state index contributed by atoms with van der Waals surface area (Å²) in [6.45, 7) is 8.06. The molecule has 2 nitrogen and oxygen atoms in total. The highest BCUT2D eigenvalue weighted by atomic mass is 127. The first-order valence-corrected chi connectivity index (χ1v) is 5.30. The summed E-state index contributed by atoms with van der Waals surface area (Å²) in [6.07, 6.45) is 1.81. The Balaban J connectivity index is 4.10. The fraction of sp³-hybridized carbons (Fsp3) is 1.00. The molecule has 0 aliphatic heterocycles. The van der Waals surface area contributed by atoms with Crippen LogP contribution in [0.5, 0.6) is 0 Å². The molecule has 0 bridgehead atoms. The van der Waals surface area contributed by atoms with Gasteiger partial charge in [0.25, 0.3) is 0 Å². The predicted molar refractivity (Wildman–Crippen MR) is 57.7 cm³/mol. The molecular formula is C8H17INO-. The highest BCUT2D eigenvalue weighted by Crippen LogP contribution is 2.24. The fourth-order valence-corrected chi connectivity index (χ4v) is 1.45. The Morgan fingerprint density at radius 1 is 1.45 bits per heavy atom. The van der Waals surface area contributed by atoms with Crippen LogP contribution in [-0.4, -0.2) is 14.7 Å². The lowest BCUT2D eigenvalue weighted by Gasteiger charge is -2.46. The third-order valence-corrected chi connectivity index (χ3v) is 3.44. The lowest BCUT2D eigenvalue weighted by Crippen LogP contribution is -2.42. The summed E-state index contributed by atoms with van der Waals surface area (Å²) in [5.74, 6) is 0. The van der Waals surface area contributed by atoms with E-state index in [-0.39, 0.29) is 9.59 Å². The molecule has 0 aromatic carbocycles. The van der Waals surface area contributed by atoms with Crippen LogP contribution in [0.2, 0.25) is 0 Å². The Kier molecular flexibility index (Phi) is 4.89. The third kappa shape index (κ3) is 3.25. The number of hydrogen-bond acceptors (Lipinski definition) is 2. The number of alkyl halides is 1. The summed E-state index contributed by atoms with van der Waals surface area (Å²) in [5, 5.41) is 12.7. The zero-order valence-corrected chi connectivity index (χ0v) is 9.88. The first-order valence-electron chi connectivity index (χ1n) is 4.06. The molecule has 0 amide bonds. The van der Waals surface area contributed by atoms with Gasteiger partial charge in [-0.15, -0.1) is 0 Å². The maximum Gasteiger partial charge on any atom is 0.0506 e. The Bertz CT molecular complexity index is 117. The van der Waals surface area contributed by atoms with E-state index in [1.165, 1.54) is 5.06 Å². The molecule has 11 heavy (non-hydrogen) atoms. The lowest BCUT2D eigenvalue weighted by atomic mass is 10.0. The zero-order valence-electron chi connectivity index (χ0n) is 7.72. The van der Waals surface area contributed by atoms with Crippen LogP contribution >= 0.6 is 22.6 Å². The molecule has 0 fully saturated rings. The molecule has 0 unspecified atom stereocenters. The normalized spacial score (nSPS) is 15.5. The van der Waals surface area contributed by atoms with Crippen LogP contribution in [0.3, 0.4) is 0 Å². The first-order chi connectivity index (χ1) is 4.95. The van der Waals surface area contributed by atoms with Gasteiger partial charge in [0.2, 0.25) is 0 Å². The molecule has 0 heterocycles. The number of rotatable bonds is 4. The molecule has 1 atom stereocenters. The van der Waals surface area contributed by atoms with E-state index in [1.54, 1.807) is 0 Å². The number of nitrogens with zero attached hydrogens (tertiary/aromatic N) is 1. The Hall–Kier alpha value is 0.650. The monoisotopic (exact) mass is 270 g/mol. The summed E-state index contributed by atoms with van der Waals surface area (Å²) in [4.78, 5) is 0. The lowest BCUT2D eigenvalue weighted by molar-refractivity contribution is 0.171. The van der Waals surface area contributed by atoms with Gasteiger partial charge in [-0.05, 0) is 26.7 Å². The van der Waals surface area contributed by atoms with Crippen molar-refractivity contribution < 1.29 is 0 Å². The van der Waals surface area contributed by atoms with E-state index in [2.05, 4.69) is 22.6 Å². The molecule has 0 aliphatic carbocycles. The molecule has 0 N–H and O–H groups in total. The van der Waals surface area contributed by atoms with Crippen LogP contribution in [0.25, 0.3) is 0 Å². The molecule has 0 saturated carbocycles. The first kappa shape index (κ1) is 11.6. The van der Waals surface area contributed by atoms with Crippen molar-refractivity contribution in [3.8, 4) is 0 Å². The van der Waals surface area contributed by atoms with Crippen molar-refractivity contribution in [3.05, 3.63) is 5.21 Å². The number of halogens is 1. The van der Waals surface area contributed by atoms with Crippen LogP contribution in [0, 0.1) is 5.21 Å². The van der Waals surface area contributed by atoms with Crippen molar-refractivity contribution in [1.29, 1.82) is 0 Å². The van der Waals surface area contributed by atoms with Crippen molar-refractivity contribution >= 4 is 22.6 Å². The fourth-order valence-electron chi connectivity index (χ4n) is 0.701. The van der Waals surface area contributed by atoms with E-state index in [0.29, 0.717) is 0 Å². The summed E-state index contributed by atoms with van der Waals surface area (Å²) < 4.78 is 0.113. The average molecular weight is 270 g/mol. The molecular weight excluding hydrogens is 253 g/mol. The van der Waals surface area contributed by atoms with Gasteiger partial charge in [0.05, 0.1) is 4.05 Å². The van der Waals surface area contributed by atoms with Crippen LogP contribution in [-0.2, 0) is 0 Å². The molecule has 0 aliphatic rings. The Labute approximate surface area is 83.1 Å². The van der Waals surface area contributed by atoms with Gasteiger partial charge in [0, 0.05) is 5.54 Å². The highest BCUT2D eigenvalue weighted by Gasteiger charge is 2.20. The van der Waals surface area contributed by atoms with Gasteiger partial charge in [-0.1, -0.05) is 36.4 Å². The molecule has 0 rings (SSSR count). The second-order valence-corrected chi connectivity index (χ2v) is 4.77. The van der Waals surface area contributed by atoms with E-state index in [0.717, 1.165) is 12.8 Å². The van der Waals surface area contributed by atoms with Gasteiger partial charge in [-0.25, -0.2) is 0 Å². The van der Waals surface area contributed by atoms with E-state index < -0.39 is 0 Å². The molecule has 0 aromatic rings. The van der Waals surface area contributed by atoms with Gasteiger partial charge in [0.1, 0.15) is 0 Å². The second-order valence-electron chi connectivity index (χ2n) is 3.33. The van der Waals surface area contributed by atoms with Crippen molar-refractivity contribution in [2.45, 2.75) is 50.1 Å². The Morgan fingerprint density at radius 2 is 1.91 bits per heavy atom. The molecule has 3 heteroatoms. The van der Waals surface area contributed by atoms with Gasteiger partial charge in [-0.2, -0.15) is 0 Å². The van der Waals surface area contributed by atoms with Gasteiger partial charge in [0.15, 0.2) is 0 Å².